The van der Waals surface area contributed by atoms with E-state index in [0.29, 0.717) is 0 Å². The van der Waals surface area contributed by atoms with Gasteiger partial charge in [-0.15, -0.1) is 437 Å². The number of hydrogen-bond donors (Lipinski definition) is 0. The van der Waals surface area contributed by atoms with Crippen LogP contribution in [0.15, 0.2) is 0 Å². The Morgan fingerprint density at radius 1 is 0.0900 bits per heavy atom. The Labute approximate surface area is 784 Å². The highest BCUT2D eigenvalue weighted by Crippen LogP contribution is 3.55. The van der Waals surface area contributed by atoms with E-state index in [1.54, 1.807) is 0 Å². The second kappa shape index (κ2) is 78.2. The normalized spacial score (nSPS) is 15.8. The second-order valence-electron chi connectivity index (χ2n) is 15.9. The molecule has 600 valence electrons. The lowest BCUT2D eigenvalue weighted by Gasteiger charge is -2.64. The predicted octanol–water partition coefficient (Wildman–Crippen LogP) is 59.3. The van der Waals surface area contributed by atoms with Crippen LogP contribution >= 0.6 is 798 Å². The zero-order valence-electron chi connectivity index (χ0n) is 51.2. The van der Waals surface area contributed by atoms with Crippen molar-refractivity contribution in [2.24, 2.45) is 0 Å². The molecule has 0 heterocycles. The van der Waals surface area contributed by atoms with Crippen LogP contribution in [-0.4, -0.2) is 0 Å². The van der Waals surface area contributed by atoms with E-state index < -0.39 is 342 Å². The molecule has 0 fully saturated rings. The quantitative estimate of drug-likeness (QED) is 0.0533. The molecule has 0 nitrogen and oxygen atoms in total. The van der Waals surface area contributed by atoms with E-state index in [-0.39, 0.29) is 0 Å². The van der Waals surface area contributed by atoms with Crippen molar-refractivity contribution in [1.29, 1.82) is 0 Å². The summed E-state index contributed by atoms with van der Waals surface area (Å²) in [4.78, 5) is 0. The largest absolute Gasteiger partial charge is 0.102 e. The Morgan fingerprint density at radius 3 is 0.220 bits per heavy atom. The smallest absolute Gasteiger partial charge is 0.000000225 e. The molecule has 100 heteroatoms. The molecular formula is H100P100. The van der Waals surface area contributed by atoms with Crippen LogP contribution in [0.3, 0.4) is 0 Å². The molecule has 0 N–H and O–H groups in total. The molecule has 53 unspecified atom stereocenters. The minimum Gasteiger partial charge on any atom is -0.102 e. The minimum absolute atomic E-state index is 0.401. The van der Waals surface area contributed by atoms with E-state index in [0.717, 1.165) is 0 Å². The van der Waals surface area contributed by atoms with Gasteiger partial charge in [0.15, 0.2) is 0 Å². The fraction of sp³-hybridized carbons (Fsp3) is 0. The maximum atomic E-state index is 4.83. The van der Waals surface area contributed by atoms with E-state index in [4.69, 9.17) is 17.9 Å². The van der Waals surface area contributed by atoms with Crippen molar-refractivity contribution in [1.82, 2.24) is 0 Å². The third-order valence-corrected chi connectivity index (χ3v) is 718. The summed E-state index contributed by atoms with van der Waals surface area (Å²) in [6.07, 6.45) is 0. The molecule has 0 aromatic rings. The fourth-order valence-corrected chi connectivity index (χ4v) is 1480. The molecule has 0 aliphatic rings. The summed E-state index contributed by atoms with van der Waals surface area (Å²) in [6, 6.07) is 0. The fourth-order valence-electron chi connectivity index (χ4n) is 6.11. The lowest BCUT2D eigenvalue weighted by atomic mass is 28.3. The molecule has 0 aromatic heterocycles. The summed E-state index contributed by atoms with van der Waals surface area (Å²) in [5.74, 6) is 0. The topological polar surface area (TPSA) is 0 Å². The van der Waals surface area contributed by atoms with E-state index >= 15 is 0 Å². The van der Waals surface area contributed by atoms with Gasteiger partial charge in [0, 0.05) is 0 Å². The molecule has 2 radical (unpaired) electrons. The van der Waals surface area contributed by atoms with Crippen LogP contribution < -0.4 is 0 Å². The summed E-state index contributed by atoms with van der Waals surface area (Å²) in [7, 11) is 196. The van der Waals surface area contributed by atoms with Crippen LogP contribution in [0.25, 0.3) is 0 Å². The number of rotatable bonds is 48. The third kappa shape index (κ3) is 50.0. The van der Waals surface area contributed by atoms with Gasteiger partial charge in [0.25, 0.3) is 0 Å². The Bertz CT molecular complexity index is 1690. The van der Waals surface area contributed by atoms with E-state index in [2.05, 4.69) is 437 Å². The lowest BCUT2D eigenvalue weighted by Crippen LogP contribution is -1.77. The van der Waals surface area contributed by atoms with E-state index in [9.17, 15) is 0 Å². The Kier molecular flexibility index (Phi) is 112. The Balaban J connectivity index is 14.7. The first-order chi connectivity index (χ1) is 45.4. The van der Waals surface area contributed by atoms with Crippen LogP contribution in [0.2, 0.25) is 0 Å². The SMILES string of the molecule is [PH]P([PH])P(P)P(P(P(P)P)P(P)P)P(P(P(P)P)P(P)P)P(P(P(P(P)P)P(P)P)P(P(P)P)P(P)P)P(P(P(P(P(P)P)P(P)P)P(P(P)P)P(P)P)P(P(P(P)P)P(P)P)P(P(P)P)P(P)P)P(P(P(P(P)P)P(P)P)P(P(P)P)P(P)P)P(P(P(P)P)P(P)P)P(P(P)P)P(P)P. The molecule has 0 amide bonds. The average molecular weight is 3200 g/mol. The first-order valence-electron chi connectivity index (χ1n) is 22.7. The molecule has 0 bridgehead atoms. The molecular weight excluding hydrogens is 3100 g/mol. The van der Waals surface area contributed by atoms with Crippen molar-refractivity contribution in [3.63, 3.8) is 0 Å². The predicted molar refractivity (Wildman–Crippen MR) is 831 cm³/mol. The van der Waals surface area contributed by atoms with Gasteiger partial charge in [-0.1, -0.05) is 17.9 Å². The first-order valence-corrected chi connectivity index (χ1v) is 204. The summed E-state index contributed by atoms with van der Waals surface area (Å²) in [5, 5.41) is 0. The maximum absolute atomic E-state index is 4.83. The highest BCUT2D eigenvalue weighted by molar-refractivity contribution is 9.60. The monoisotopic (exact) mass is 3200 g/mol. The highest BCUT2D eigenvalue weighted by Gasteiger charge is 2.67. The zero-order chi connectivity index (χ0) is 79.3. The van der Waals surface area contributed by atoms with Gasteiger partial charge in [-0.05, 0) is 342 Å². The van der Waals surface area contributed by atoms with E-state index in [1.165, 1.54) is 0 Å². The van der Waals surface area contributed by atoms with E-state index in [1.807, 2.05) is 0 Å². The molecule has 100 heavy (non-hydrogen) atoms. The third-order valence-electron chi connectivity index (χ3n) is 8.87. The van der Waals surface area contributed by atoms with Crippen molar-refractivity contribution in [3.05, 3.63) is 0 Å². The molecule has 0 aromatic carbocycles. The minimum atomic E-state index is -0.672. The molecule has 0 saturated carbocycles. The molecule has 0 saturated heterocycles. The van der Waals surface area contributed by atoms with Crippen molar-refractivity contribution in [2.75, 3.05) is 0 Å². The van der Waals surface area contributed by atoms with Gasteiger partial charge >= 0.3 is 0 Å². The van der Waals surface area contributed by atoms with Crippen molar-refractivity contribution in [3.8, 4) is 0 Å². The Morgan fingerprint density at radius 2 is 0.150 bits per heavy atom. The van der Waals surface area contributed by atoms with Gasteiger partial charge in [0.2, 0.25) is 0 Å². The summed E-state index contributed by atoms with van der Waals surface area (Å²) in [6.45, 7) is -23.2. The van der Waals surface area contributed by atoms with Gasteiger partial charge in [-0.25, -0.2) is 0 Å². The summed E-state index contributed by atoms with van der Waals surface area (Å²) in [5.41, 5.74) is 0. The lowest BCUT2D eigenvalue weighted by molar-refractivity contribution is 4.29. The highest BCUT2D eigenvalue weighted by atomic mass is 33.7. The van der Waals surface area contributed by atoms with Crippen molar-refractivity contribution < 1.29 is 0 Å². The summed E-state index contributed by atoms with van der Waals surface area (Å²) >= 11 is 0. The molecule has 0 spiro atoms. The van der Waals surface area contributed by atoms with Gasteiger partial charge in [-0.3, -0.25) is 0 Å². The first kappa shape index (κ1) is 143. The van der Waals surface area contributed by atoms with Crippen molar-refractivity contribution in [2.45, 2.75) is 0 Å². The summed E-state index contributed by atoms with van der Waals surface area (Å²) < 4.78 is 0. The van der Waals surface area contributed by atoms with Crippen molar-refractivity contribution >= 4 is 798 Å². The van der Waals surface area contributed by atoms with Gasteiger partial charge in [0.1, 0.15) is 0 Å². The molecule has 0 aliphatic heterocycles. The standard InChI is InChI=1S/H100P100/c1-52(2)77(51)90(78(53(3)4)54(5)6)96(89(75(47)48)76(49)50)99(95(87(71(39)40)72(41)42)88(73(43)44)74(45)46)100(97(91(79(55(7)8)56(9)10)80(57(11)12)58(13)14)92(81(59(15)16)60(17)18)82(61(19)20)62(21)22)98(93(83(63(23)24)64(25)26)84(65(27)28)66(29)30)94(85(67(31)32)68(33)34)86(69(35)36)70(37)38/h1-2H,3-51H2. The zero-order valence-corrected chi connectivity index (χ0v) is 154. The average Bonchev–Trinajstić information content (AvgIpc) is 3.39. The maximum Gasteiger partial charge on any atom is -0.000000225 e. The second-order valence-corrected chi connectivity index (χ2v) is 430. The number of hydrogen-bond acceptors (Lipinski definition) is 0. The van der Waals surface area contributed by atoms with Crippen LogP contribution in [0.4, 0.5) is 0 Å². The Hall–Kier alpha value is 43.0. The van der Waals surface area contributed by atoms with Crippen LogP contribution in [0, 0.1) is 0 Å². The van der Waals surface area contributed by atoms with Crippen LogP contribution in [0.5, 0.6) is 0 Å². The van der Waals surface area contributed by atoms with Gasteiger partial charge in [-0.2, -0.15) is 0 Å². The van der Waals surface area contributed by atoms with Crippen LogP contribution in [0.1, 0.15) is 0 Å². The van der Waals surface area contributed by atoms with Gasteiger partial charge in [0.05, 0.1) is 0 Å². The molecule has 0 rings (SSSR count). The van der Waals surface area contributed by atoms with Gasteiger partial charge < -0.3 is 0 Å². The molecule has 0 aliphatic carbocycles. The van der Waals surface area contributed by atoms with Crippen LogP contribution in [-0.2, 0) is 0 Å². The molecule has 53 atom stereocenters.